The van der Waals surface area contributed by atoms with Gasteiger partial charge in [-0.1, -0.05) is 19.8 Å². The molecule has 1 atom stereocenters. The molecule has 1 spiro atoms. The highest BCUT2D eigenvalue weighted by Gasteiger charge is 2.45. The van der Waals surface area contributed by atoms with Gasteiger partial charge in [-0.05, 0) is 42.5 Å². The van der Waals surface area contributed by atoms with Crippen molar-refractivity contribution >= 4 is 0 Å². The number of methoxy groups -OCH3 is 2. The summed E-state index contributed by atoms with van der Waals surface area (Å²) in [5, 5.41) is 0. The van der Waals surface area contributed by atoms with Gasteiger partial charge in [0.25, 0.3) is 0 Å². The van der Waals surface area contributed by atoms with Crippen molar-refractivity contribution in [1.29, 1.82) is 0 Å². The molecule has 5 heteroatoms. The van der Waals surface area contributed by atoms with Crippen LogP contribution in [0.25, 0.3) is 0 Å². The van der Waals surface area contributed by atoms with Gasteiger partial charge in [-0.2, -0.15) is 0 Å². The van der Waals surface area contributed by atoms with Gasteiger partial charge in [0.05, 0.1) is 33.7 Å². The summed E-state index contributed by atoms with van der Waals surface area (Å²) in [6, 6.07) is 3.64. The van der Waals surface area contributed by atoms with Crippen molar-refractivity contribution in [2.75, 3.05) is 27.4 Å². The van der Waals surface area contributed by atoms with E-state index in [-0.39, 0.29) is 11.7 Å². The fraction of sp³-hybridized carbons (Fsp3) is 0.636. The third kappa shape index (κ3) is 4.46. The Morgan fingerprint density at radius 3 is 2.67 bits per heavy atom. The number of allylic oxidation sites excluding steroid dienone is 1. The molecule has 0 amide bonds. The van der Waals surface area contributed by atoms with Crippen LogP contribution < -0.4 is 4.74 Å². The van der Waals surface area contributed by atoms with Crippen molar-refractivity contribution < 1.29 is 23.3 Å². The summed E-state index contributed by atoms with van der Waals surface area (Å²) in [7, 11) is 3.23. The lowest BCUT2D eigenvalue weighted by atomic mass is 9.76. The zero-order valence-corrected chi connectivity index (χ0v) is 16.7. The number of unbranched alkanes of at least 4 members (excludes halogenated alkanes) is 2. The van der Waals surface area contributed by atoms with Gasteiger partial charge >= 0.3 is 0 Å². The van der Waals surface area contributed by atoms with Crippen LogP contribution >= 0.6 is 0 Å². The van der Waals surface area contributed by atoms with Crippen molar-refractivity contribution in [1.82, 2.24) is 0 Å². The maximum absolute atomic E-state index is 15.3. The molecule has 4 nitrogen and oxygen atoms in total. The third-order valence-corrected chi connectivity index (χ3v) is 5.63. The lowest BCUT2D eigenvalue weighted by molar-refractivity contribution is -0.175. The first-order chi connectivity index (χ1) is 13.1. The summed E-state index contributed by atoms with van der Waals surface area (Å²) in [5.41, 5.74) is 2.62. The van der Waals surface area contributed by atoms with Crippen molar-refractivity contribution in [3.8, 4) is 5.75 Å². The van der Waals surface area contributed by atoms with Crippen LogP contribution in [0.3, 0.4) is 0 Å². The average molecular weight is 378 g/mol. The molecule has 2 aliphatic rings. The Balaban J connectivity index is 1.94. The van der Waals surface area contributed by atoms with Crippen LogP contribution in [-0.2, 0) is 20.6 Å². The van der Waals surface area contributed by atoms with E-state index >= 15 is 4.39 Å². The van der Waals surface area contributed by atoms with Gasteiger partial charge in [0, 0.05) is 24.3 Å². The van der Waals surface area contributed by atoms with Gasteiger partial charge in [0.2, 0.25) is 0 Å². The minimum absolute atomic E-state index is 0.184. The molecule has 0 aromatic heterocycles. The number of benzene rings is 1. The Kier molecular flexibility index (Phi) is 6.77. The number of hydrogen-bond donors (Lipinski definition) is 0. The topological polar surface area (TPSA) is 36.9 Å². The molecule has 1 heterocycles. The minimum atomic E-state index is -0.618. The standard InChI is InChI=1S/C22H31FO4/c1-4-5-6-7-16-12-19(23)21(20(13-16)25-3)18-14-22(26-10-11-27-22)9-8-17(18)15-24-2/h12-13,15,18H,4-11,14H2,1-3H3/b17-15+/t18-/m1/s1. The Morgan fingerprint density at radius 2 is 2.00 bits per heavy atom. The largest absolute Gasteiger partial charge is 0.504 e. The second kappa shape index (κ2) is 9.07. The van der Waals surface area contributed by atoms with Gasteiger partial charge in [0.1, 0.15) is 11.6 Å². The Labute approximate surface area is 161 Å². The van der Waals surface area contributed by atoms with E-state index in [1.807, 2.05) is 6.07 Å². The smallest absolute Gasteiger partial charge is 0.169 e. The molecule has 0 unspecified atom stereocenters. The molecule has 27 heavy (non-hydrogen) atoms. The molecular weight excluding hydrogens is 347 g/mol. The SMILES string of the molecule is CCCCCc1cc(F)c([C@@H]2CC3(CC/C2=C\OC)OCCO3)c(OC)c1. The lowest BCUT2D eigenvalue weighted by Crippen LogP contribution is -2.37. The van der Waals surface area contributed by atoms with Crippen LogP contribution in [0.1, 0.15) is 62.5 Å². The summed E-state index contributed by atoms with van der Waals surface area (Å²) in [4.78, 5) is 0. The Bertz CT molecular complexity index is 665. The molecule has 1 saturated carbocycles. The quantitative estimate of drug-likeness (QED) is 0.488. The predicted molar refractivity (Wildman–Crippen MR) is 103 cm³/mol. The molecule has 2 fully saturated rings. The molecule has 1 saturated heterocycles. The van der Waals surface area contributed by atoms with E-state index in [2.05, 4.69) is 6.92 Å². The number of rotatable bonds is 7. The first-order valence-electron chi connectivity index (χ1n) is 9.98. The summed E-state index contributed by atoms with van der Waals surface area (Å²) in [6.45, 7) is 3.35. The summed E-state index contributed by atoms with van der Waals surface area (Å²) in [6.07, 6.45) is 8.03. The molecular formula is C22H31FO4. The molecule has 1 aliphatic carbocycles. The van der Waals surface area contributed by atoms with E-state index in [9.17, 15) is 0 Å². The first kappa shape index (κ1) is 20.2. The molecule has 3 rings (SSSR count). The maximum Gasteiger partial charge on any atom is 0.169 e. The highest BCUT2D eigenvalue weighted by atomic mass is 19.1. The van der Waals surface area contributed by atoms with Gasteiger partial charge in [-0.15, -0.1) is 0 Å². The molecule has 1 aromatic rings. The fourth-order valence-electron chi connectivity index (χ4n) is 4.27. The maximum atomic E-state index is 15.3. The second-order valence-electron chi connectivity index (χ2n) is 7.44. The number of ether oxygens (including phenoxy) is 4. The number of hydrogen-bond acceptors (Lipinski definition) is 4. The first-order valence-corrected chi connectivity index (χ1v) is 9.98. The molecule has 0 N–H and O–H groups in total. The van der Waals surface area contributed by atoms with Crippen LogP contribution in [0, 0.1) is 5.82 Å². The van der Waals surface area contributed by atoms with E-state index in [1.54, 1.807) is 26.5 Å². The van der Waals surface area contributed by atoms with Gasteiger partial charge < -0.3 is 18.9 Å². The summed E-state index contributed by atoms with van der Waals surface area (Å²) < 4.78 is 38.0. The molecule has 1 aromatic carbocycles. The van der Waals surface area contributed by atoms with Gasteiger partial charge in [-0.25, -0.2) is 4.39 Å². The highest BCUT2D eigenvalue weighted by molar-refractivity contribution is 5.45. The lowest BCUT2D eigenvalue weighted by Gasteiger charge is -2.38. The van der Waals surface area contributed by atoms with Crippen molar-refractivity contribution in [2.24, 2.45) is 0 Å². The van der Waals surface area contributed by atoms with Crippen LogP contribution in [-0.4, -0.2) is 33.2 Å². The van der Waals surface area contributed by atoms with Crippen LogP contribution in [0.4, 0.5) is 4.39 Å². The van der Waals surface area contributed by atoms with Crippen molar-refractivity contribution in [2.45, 2.75) is 63.6 Å². The number of aryl methyl sites for hydroxylation is 1. The zero-order valence-electron chi connectivity index (χ0n) is 16.7. The van der Waals surface area contributed by atoms with Gasteiger partial charge in [0.15, 0.2) is 5.79 Å². The van der Waals surface area contributed by atoms with Crippen molar-refractivity contribution in [3.63, 3.8) is 0 Å². The van der Waals surface area contributed by atoms with E-state index < -0.39 is 5.79 Å². The van der Waals surface area contributed by atoms with E-state index in [0.29, 0.717) is 30.9 Å². The van der Waals surface area contributed by atoms with E-state index in [0.717, 1.165) is 49.7 Å². The van der Waals surface area contributed by atoms with Crippen LogP contribution in [0.2, 0.25) is 0 Å². The average Bonchev–Trinajstić information content (AvgIpc) is 3.11. The van der Waals surface area contributed by atoms with Crippen LogP contribution in [0.5, 0.6) is 5.75 Å². The normalized spacial score (nSPS) is 23.1. The molecule has 1 aliphatic heterocycles. The second-order valence-corrected chi connectivity index (χ2v) is 7.44. The predicted octanol–water partition coefficient (Wildman–Crippen LogP) is 5.11. The van der Waals surface area contributed by atoms with E-state index in [4.69, 9.17) is 18.9 Å². The monoisotopic (exact) mass is 378 g/mol. The fourth-order valence-corrected chi connectivity index (χ4v) is 4.27. The molecule has 0 bridgehead atoms. The van der Waals surface area contributed by atoms with E-state index in [1.165, 1.54) is 0 Å². The molecule has 0 radical (unpaired) electrons. The highest BCUT2D eigenvalue weighted by Crippen LogP contribution is 2.49. The van der Waals surface area contributed by atoms with Crippen molar-refractivity contribution in [3.05, 3.63) is 40.9 Å². The Morgan fingerprint density at radius 1 is 1.22 bits per heavy atom. The molecule has 150 valence electrons. The summed E-state index contributed by atoms with van der Waals surface area (Å²) >= 11 is 0. The minimum Gasteiger partial charge on any atom is -0.504 e. The van der Waals surface area contributed by atoms with Gasteiger partial charge in [-0.3, -0.25) is 0 Å². The summed E-state index contributed by atoms with van der Waals surface area (Å²) in [5.74, 6) is -0.421. The zero-order chi connectivity index (χ0) is 19.3. The third-order valence-electron chi connectivity index (χ3n) is 5.63. The number of halogens is 1. The van der Waals surface area contributed by atoms with Crippen LogP contribution in [0.15, 0.2) is 24.0 Å². The Hall–Kier alpha value is -1.59.